The van der Waals surface area contributed by atoms with Crippen molar-refractivity contribution in [1.29, 1.82) is 0 Å². The maximum Gasteiger partial charge on any atom is 0.374 e. The van der Waals surface area contributed by atoms with E-state index in [2.05, 4.69) is 14.8 Å². The van der Waals surface area contributed by atoms with Crippen molar-refractivity contribution in [2.24, 2.45) is 0 Å². The molecule has 1 aromatic carbocycles. The standard InChI is InChI=1S/C22H25N3O4S/c1-27-18-10-8-15(9-11-18)20-23-24-22(25(20)17-6-4-3-5-7-17)30-14-16-12-13-29-19(16)21(26)28-2/h8-13,17H,3-7,14H2,1-2H3. The molecule has 1 saturated carbocycles. The highest BCUT2D eigenvalue weighted by Crippen LogP contribution is 2.37. The number of aromatic nitrogens is 3. The minimum Gasteiger partial charge on any atom is -0.497 e. The van der Waals surface area contributed by atoms with Crippen LogP contribution in [0.3, 0.4) is 0 Å². The van der Waals surface area contributed by atoms with E-state index in [9.17, 15) is 4.79 Å². The third kappa shape index (κ3) is 4.23. The summed E-state index contributed by atoms with van der Waals surface area (Å²) in [7, 11) is 3.01. The zero-order valence-corrected chi connectivity index (χ0v) is 18.0. The van der Waals surface area contributed by atoms with Gasteiger partial charge in [0, 0.05) is 22.9 Å². The van der Waals surface area contributed by atoms with Gasteiger partial charge in [-0.05, 0) is 43.2 Å². The zero-order valence-electron chi connectivity index (χ0n) is 17.2. The Morgan fingerprint density at radius 1 is 1.13 bits per heavy atom. The molecule has 0 aliphatic heterocycles. The molecule has 158 valence electrons. The molecule has 8 heteroatoms. The molecule has 1 aliphatic carbocycles. The highest BCUT2D eigenvalue weighted by Gasteiger charge is 2.25. The van der Waals surface area contributed by atoms with Gasteiger partial charge in [0.25, 0.3) is 0 Å². The van der Waals surface area contributed by atoms with Gasteiger partial charge in [-0.25, -0.2) is 4.79 Å². The first-order valence-electron chi connectivity index (χ1n) is 10.1. The molecule has 4 rings (SSSR count). The fourth-order valence-electron chi connectivity index (χ4n) is 3.84. The fourth-order valence-corrected chi connectivity index (χ4v) is 4.83. The van der Waals surface area contributed by atoms with E-state index >= 15 is 0 Å². The van der Waals surface area contributed by atoms with E-state index < -0.39 is 5.97 Å². The van der Waals surface area contributed by atoms with Crippen LogP contribution in [0.15, 0.2) is 46.2 Å². The molecule has 0 radical (unpaired) electrons. The van der Waals surface area contributed by atoms with Gasteiger partial charge in [-0.3, -0.25) is 4.57 Å². The van der Waals surface area contributed by atoms with Crippen LogP contribution in [-0.4, -0.2) is 35.0 Å². The monoisotopic (exact) mass is 427 g/mol. The summed E-state index contributed by atoms with van der Waals surface area (Å²) in [6.07, 6.45) is 7.45. The van der Waals surface area contributed by atoms with Gasteiger partial charge in [0.1, 0.15) is 5.75 Å². The van der Waals surface area contributed by atoms with Crippen LogP contribution in [0.5, 0.6) is 5.75 Å². The Balaban J connectivity index is 1.63. The number of carbonyl (C=O) groups is 1. The topological polar surface area (TPSA) is 79.4 Å². The van der Waals surface area contributed by atoms with Crippen LogP contribution in [-0.2, 0) is 10.5 Å². The van der Waals surface area contributed by atoms with E-state index in [1.165, 1.54) is 32.6 Å². The normalized spacial score (nSPS) is 14.6. The molecule has 0 atom stereocenters. The number of nitrogens with zero attached hydrogens (tertiary/aromatic N) is 3. The summed E-state index contributed by atoms with van der Waals surface area (Å²) in [6, 6.07) is 10.1. The number of benzene rings is 1. The van der Waals surface area contributed by atoms with Crippen LogP contribution in [0.4, 0.5) is 0 Å². The molecule has 7 nitrogen and oxygen atoms in total. The van der Waals surface area contributed by atoms with Gasteiger partial charge in [-0.2, -0.15) is 0 Å². The molecule has 0 saturated heterocycles. The number of hydrogen-bond acceptors (Lipinski definition) is 7. The predicted octanol–water partition coefficient (Wildman–Crippen LogP) is 5.13. The van der Waals surface area contributed by atoms with Crippen molar-refractivity contribution < 1.29 is 18.7 Å². The zero-order chi connectivity index (χ0) is 20.9. The van der Waals surface area contributed by atoms with Gasteiger partial charge < -0.3 is 13.9 Å². The first kappa shape index (κ1) is 20.5. The lowest BCUT2D eigenvalue weighted by Gasteiger charge is -2.25. The molecular formula is C22H25N3O4S. The van der Waals surface area contributed by atoms with Crippen LogP contribution in [0, 0.1) is 0 Å². The van der Waals surface area contributed by atoms with Crippen LogP contribution >= 0.6 is 11.8 Å². The van der Waals surface area contributed by atoms with Gasteiger partial charge in [0.15, 0.2) is 11.0 Å². The van der Waals surface area contributed by atoms with Crippen LogP contribution in [0.2, 0.25) is 0 Å². The molecule has 1 fully saturated rings. The number of esters is 1. The summed E-state index contributed by atoms with van der Waals surface area (Å²) >= 11 is 1.56. The van der Waals surface area contributed by atoms with Crippen molar-refractivity contribution >= 4 is 17.7 Å². The number of ether oxygens (including phenoxy) is 2. The Bertz CT molecular complexity index is 990. The summed E-state index contributed by atoms with van der Waals surface area (Å²) in [6.45, 7) is 0. The van der Waals surface area contributed by atoms with Crippen molar-refractivity contribution in [2.45, 2.75) is 49.1 Å². The maximum absolute atomic E-state index is 11.9. The third-order valence-electron chi connectivity index (χ3n) is 5.43. The first-order valence-corrected chi connectivity index (χ1v) is 11.1. The van der Waals surface area contributed by atoms with Crippen LogP contribution in [0.1, 0.15) is 54.3 Å². The Hall–Kier alpha value is -2.74. The Morgan fingerprint density at radius 2 is 1.90 bits per heavy atom. The van der Waals surface area contributed by atoms with Crippen LogP contribution in [0.25, 0.3) is 11.4 Å². The van der Waals surface area contributed by atoms with Gasteiger partial charge in [-0.15, -0.1) is 10.2 Å². The number of methoxy groups -OCH3 is 2. The van der Waals surface area contributed by atoms with E-state index in [1.54, 1.807) is 24.9 Å². The van der Waals surface area contributed by atoms with Gasteiger partial charge in [-0.1, -0.05) is 31.0 Å². The molecule has 1 aliphatic rings. The summed E-state index contributed by atoms with van der Waals surface area (Å²) in [4.78, 5) is 11.9. The molecular weight excluding hydrogens is 402 g/mol. The van der Waals surface area contributed by atoms with Crippen molar-refractivity contribution in [1.82, 2.24) is 14.8 Å². The minimum atomic E-state index is -0.469. The van der Waals surface area contributed by atoms with E-state index in [0.29, 0.717) is 11.8 Å². The second kappa shape index (κ2) is 9.38. The van der Waals surface area contributed by atoms with Crippen molar-refractivity contribution in [2.75, 3.05) is 14.2 Å². The first-order chi connectivity index (χ1) is 14.7. The average Bonchev–Trinajstić information content (AvgIpc) is 3.44. The predicted molar refractivity (Wildman–Crippen MR) is 114 cm³/mol. The Labute approximate surface area is 179 Å². The second-order valence-corrected chi connectivity index (χ2v) is 8.19. The molecule has 2 heterocycles. The van der Waals surface area contributed by atoms with Gasteiger partial charge >= 0.3 is 5.97 Å². The molecule has 0 unspecified atom stereocenters. The summed E-state index contributed by atoms with van der Waals surface area (Å²) in [5, 5.41) is 9.88. The SMILES string of the molecule is COC(=O)c1occc1CSc1nnc(-c2ccc(OC)cc2)n1C1CCCCC1. The quantitative estimate of drug-likeness (QED) is 0.382. The van der Waals surface area contributed by atoms with Crippen molar-refractivity contribution in [3.8, 4) is 17.1 Å². The molecule has 2 aromatic heterocycles. The summed E-state index contributed by atoms with van der Waals surface area (Å²) in [5.41, 5.74) is 1.80. The lowest BCUT2D eigenvalue weighted by atomic mass is 9.95. The van der Waals surface area contributed by atoms with E-state index in [4.69, 9.17) is 13.9 Å². The van der Waals surface area contributed by atoms with Crippen molar-refractivity contribution in [3.05, 3.63) is 47.9 Å². The van der Waals surface area contributed by atoms with E-state index in [1.807, 2.05) is 24.3 Å². The lowest BCUT2D eigenvalue weighted by Crippen LogP contribution is -2.15. The smallest absolute Gasteiger partial charge is 0.374 e. The van der Waals surface area contributed by atoms with Gasteiger partial charge in [0.2, 0.25) is 5.76 Å². The van der Waals surface area contributed by atoms with E-state index in [-0.39, 0.29) is 5.76 Å². The third-order valence-corrected chi connectivity index (χ3v) is 6.42. The molecule has 30 heavy (non-hydrogen) atoms. The Kier molecular flexibility index (Phi) is 6.42. The number of hydrogen-bond donors (Lipinski definition) is 0. The maximum atomic E-state index is 11.9. The van der Waals surface area contributed by atoms with Gasteiger partial charge in [0.05, 0.1) is 20.5 Å². The number of carbonyl (C=O) groups excluding carboxylic acids is 1. The Morgan fingerprint density at radius 3 is 2.60 bits per heavy atom. The molecule has 0 spiro atoms. The highest BCUT2D eigenvalue weighted by molar-refractivity contribution is 7.98. The molecule has 0 amide bonds. The van der Waals surface area contributed by atoms with Crippen LogP contribution < -0.4 is 4.74 Å². The average molecular weight is 428 g/mol. The number of furan rings is 1. The largest absolute Gasteiger partial charge is 0.497 e. The molecule has 0 bridgehead atoms. The molecule has 3 aromatic rings. The lowest BCUT2D eigenvalue weighted by molar-refractivity contribution is 0.0564. The highest BCUT2D eigenvalue weighted by atomic mass is 32.2. The summed E-state index contributed by atoms with van der Waals surface area (Å²) < 4.78 is 17.7. The minimum absolute atomic E-state index is 0.240. The second-order valence-electron chi connectivity index (χ2n) is 7.25. The number of thioether (sulfide) groups is 1. The molecule has 0 N–H and O–H groups in total. The van der Waals surface area contributed by atoms with Crippen molar-refractivity contribution in [3.63, 3.8) is 0 Å². The summed E-state index contributed by atoms with van der Waals surface area (Å²) in [5.74, 6) is 2.00. The number of rotatable bonds is 7. The van der Waals surface area contributed by atoms with E-state index in [0.717, 1.165) is 40.7 Å². The fraction of sp³-hybridized carbons (Fsp3) is 0.409.